The third kappa shape index (κ3) is 4.31. The van der Waals surface area contributed by atoms with Crippen LogP contribution in [0.2, 0.25) is 0 Å². The Kier molecular flexibility index (Phi) is 5.55. The second-order valence-electron chi connectivity index (χ2n) is 5.09. The Morgan fingerprint density at radius 3 is 2.27 bits per heavy atom. The number of ether oxygens (including phenoxy) is 1. The van der Waals surface area contributed by atoms with Gasteiger partial charge in [0, 0.05) is 0 Å². The van der Waals surface area contributed by atoms with E-state index in [0.717, 1.165) is 49.6 Å². The zero-order valence-corrected chi connectivity index (χ0v) is 14.1. The molecule has 0 unspecified atom stereocenters. The molecule has 10 heteroatoms. The molecule has 0 saturated carbocycles. The van der Waals surface area contributed by atoms with E-state index < -0.39 is 40.1 Å². The molecule has 2 aromatic carbocycles. The Labute approximate surface area is 146 Å². The monoisotopic (exact) mass is 391 g/mol. The number of methoxy groups -OCH3 is 1. The number of alkyl halides is 3. The molecule has 140 valence electrons. The molecule has 0 aliphatic heterocycles. The van der Waals surface area contributed by atoms with Crippen molar-refractivity contribution in [2.45, 2.75) is 11.1 Å². The van der Waals surface area contributed by atoms with Crippen LogP contribution in [0.15, 0.2) is 53.4 Å². The van der Waals surface area contributed by atoms with Gasteiger partial charge in [-0.1, -0.05) is 6.07 Å². The van der Waals surface area contributed by atoms with Crippen molar-refractivity contribution in [1.29, 1.82) is 0 Å². The molecule has 0 aliphatic carbocycles. The van der Waals surface area contributed by atoms with Gasteiger partial charge in [0.15, 0.2) is 0 Å². The molecule has 0 bridgehead atoms. The first kappa shape index (κ1) is 19.7. The highest BCUT2D eigenvalue weighted by Crippen LogP contribution is 2.33. The molecule has 2 aromatic rings. The number of halogens is 4. The number of carbonyl (C=O) groups excluding carboxylic acids is 1. The highest BCUT2D eigenvalue weighted by atomic mass is 32.2. The van der Waals surface area contributed by atoms with Crippen molar-refractivity contribution in [2.75, 3.05) is 18.0 Å². The quantitative estimate of drug-likeness (QED) is 0.580. The van der Waals surface area contributed by atoms with Crippen molar-refractivity contribution < 1.29 is 35.5 Å². The van der Waals surface area contributed by atoms with Gasteiger partial charge < -0.3 is 4.74 Å². The Morgan fingerprint density at radius 1 is 1.12 bits per heavy atom. The number of anilines is 1. The standard InChI is InChI=1S/C16H13F4NO4S/c1-25-15(22)10-21(13-4-2-3-11(9-13)16(18,19)20)26(23,24)14-7-5-12(17)6-8-14/h2-9H,10H2,1H3. The lowest BCUT2D eigenvalue weighted by molar-refractivity contribution is -0.139. The molecule has 0 spiro atoms. The maximum Gasteiger partial charge on any atom is 0.416 e. The van der Waals surface area contributed by atoms with E-state index in [0.29, 0.717) is 10.4 Å². The minimum Gasteiger partial charge on any atom is -0.468 e. The maximum absolute atomic E-state index is 13.0. The summed E-state index contributed by atoms with van der Waals surface area (Å²) in [5, 5.41) is 0. The number of sulfonamides is 1. The number of carbonyl (C=O) groups is 1. The Balaban J connectivity index is 2.57. The largest absolute Gasteiger partial charge is 0.468 e. The van der Waals surface area contributed by atoms with Gasteiger partial charge in [-0.2, -0.15) is 13.2 Å². The average Bonchev–Trinajstić information content (AvgIpc) is 2.59. The van der Waals surface area contributed by atoms with E-state index in [9.17, 15) is 30.8 Å². The molecule has 26 heavy (non-hydrogen) atoms. The summed E-state index contributed by atoms with van der Waals surface area (Å²) >= 11 is 0. The second-order valence-corrected chi connectivity index (χ2v) is 6.95. The van der Waals surface area contributed by atoms with Gasteiger partial charge in [0.1, 0.15) is 12.4 Å². The first-order chi connectivity index (χ1) is 12.1. The van der Waals surface area contributed by atoms with Crippen LogP contribution in [0.25, 0.3) is 0 Å². The third-order valence-corrected chi connectivity index (χ3v) is 5.15. The van der Waals surface area contributed by atoms with Crippen LogP contribution in [-0.4, -0.2) is 28.0 Å². The highest BCUT2D eigenvalue weighted by Gasteiger charge is 2.33. The molecule has 0 heterocycles. The summed E-state index contributed by atoms with van der Waals surface area (Å²) in [5.41, 5.74) is -1.46. The van der Waals surface area contributed by atoms with E-state index in [1.165, 1.54) is 0 Å². The van der Waals surface area contributed by atoms with Crippen molar-refractivity contribution in [3.05, 3.63) is 59.9 Å². The molecule has 0 amide bonds. The van der Waals surface area contributed by atoms with Crippen molar-refractivity contribution in [3.8, 4) is 0 Å². The summed E-state index contributed by atoms with van der Waals surface area (Å²) in [6.45, 7) is -0.850. The number of hydrogen-bond donors (Lipinski definition) is 0. The summed E-state index contributed by atoms with van der Waals surface area (Å²) in [7, 11) is -3.43. The molecule has 2 rings (SSSR count). The minimum absolute atomic E-state index is 0.380. The SMILES string of the molecule is COC(=O)CN(c1cccc(C(F)(F)F)c1)S(=O)(=O)c1ccc(F)cc1. The van der Waals surface area contributed by atoms with Crippen molar-refractivity contribution in [2.24, 2.45) is 0 Å². The molecular formula is C16H13F4NO4S. The van der Waals surface area contributed by atoms with Crippen molar-refractivity contribution >= 4 is 21.7 Å². The Morgan fingerprint density at radius 2 is 1.73 bits per heavy atom. The number of hydrogen-bond acceptors (Lipinski definition) is 4. The fourth-order valence-electron chi connectivity index (χ4n) is 2.07. The van der Waals surface area contributed by atoms with Crippen molar-refractivity contribution in [3.63, 3.8) is 0 Å². The zero-order valence-electron chi connectivity index (χ0n) is 13.3. The Hall–Kier alpha value is -2.62. The van der Waals surface area contributed by atoms with Crippen LogP contribution in [0.3, 0.4) is 0 Å². The molecule has 5 nitrogen and oxygen atoms in total. The van der Waals surface area contributed by atoms with Gasteiger partial charge in [-0.25, -0.2) is 12.8 Å². The van der Waals surface area contributed by atoms with E-state index in [1.807, 2.05) is 0 Å². The van der Waals surface area contributed by atoms with Crippen LogP contribution in [0.1, 0.15) is 5.56 Å². The van der Waals surface area contributed by atoms with E-state index in [-0.39, 0.29) is 10.6 Å². The number of esters is 1. The summed E-state index contributed by atoms with van der Waals surface area (Å²) in [4.78, 5) is 11.2. The number of benzene rings is 2. The molecular weight excluding hydrogens is 378 g/mol. The van der Waals surface area contributed by atoms with Gasteiger partial charge in [-0.15, -0.1) is 0 Å². The first-order valence-corrected chi connectivity index (χ1v) is 8.52. The van der Waals surface area contributed by atoms with Crippen LogP contribution in [-0.2, 0) is 25.7 Å². The molecule has 0 aromatic heterocycles. The lowest BCUT2D eigenvalue weighted by Crippen LogP contribution is -2.36. The predicted octanol–water partition coefficient (Wildman–Crippen LogP) is 3.21. The summed E-state index contributed by atoms with van der Waals surface area (Å²) < 4.78 is 82.2. The molecule has 0 N–H and O–H groups in total. The number of nitrogens with zero attached hydrogens (tertiary/aromatic N) is 1. The smallest absolute Gasteiger partial charge is 0.416 e. The topological polar surface area (TPSA) is 63.7 Å². The highest BCUT2D eigenvalue weighted by molar-refractivity contribution is 7.92. The van der Waals surface area contributed by atoms with Gasteiger partial charge in [-0.3, -0.25) is 9.10 Å². The van der Waals surface area contributed by atoms with Gasteiger partial charge in [0.2, 0.25) is 0 Å². The van der Waals surface area contributed by atoms with Crippen LogP contribution >= 0.6 is 0 Å². The fraction of sp³-hybridized carbons (Fsp3) is 0.188. The molecule has 0 saturated heterocycles. The number of rotatable bonds is 5. The predicted molar refractivity (Wildman–Crippen MR) is 84.4 cm³/mol. The summed E-state index contributed by atoms with van der Waals surface area (Å²) in [6.07, 6.45) is -4.70. The van der Waals surface area contributed by atoms with E-state index in [1.54, 1.807) is 0 Å². The van der Waals surface area contributed by atoms with Crippen LogP contribution < -0.4 is 4.31 Å². The van der Waals surface area contributed by atoms with E-state index in [2.05, 4.69) is 4.74 Å². The molecule has 0 atom stereocenters. The van der Waals surface area contributed by atoms with E-state index >= 15 is 0 Å². The molecule has 0 aliphatic rings. The molecule has 0 radical (unpaired) electrons. The van der Waals surface area contributed by atoms with Gasteiger partial charge in [0.25, 0.3) is 10.0 Å². The van der Waals surface area contributed by atoms with Crippen LogP contribution in [0.4, 0.5) is 23.2 Å². The van der Waals surface area contributed by atoms with E-state index in [4.69, 9.17) is 0 Å². The minimum atomic E-state index is -4.70. The summed E-state index contributed by atoms with van der Waals surface area (Å²) in [6, 6.07) is 7.16. The van der Waals surface area contributed by atoms with Crippen LogP contribution in [0, 0.1) is 5.82 Å². The third-order valence-electron chi connectivity index (χ3n) is 3.36. The van der Waals surface area contributed by atoms with Gasteiger partial charge in [-0.05, 0) is 42.5 Å². The van der Waals surface area contributed by atoms with Gasteiger partial charge >= 0.3 is 12.1 Å². The van der Waals surface area contributed by atoms with Crippen molar-refractivity contribution in [1.82, 2.24) is 0 Å². The maximum atomic E-state index is 13.0. The average molecular weight is 391 g/mol. The fourth-order valence-corrected chi connectivity index (χ4v) is 3.47. The first-order valence-electron chi connectivity index (χ1n) is 7.08. The molecule has 0 fully saturated rings. The van der Waals surface area contributed by atoms with Gasteiger partial charge in [0.05, 0.1) is 23.3 Å². The lowest BCUT2D eigenvalue weighted by atomic mass is 10.2. The lowest BCUT2D eigenvalue weighted by Gasteiger charge is -2.24. The Bertz CT molecular complexity index is 895. The zero-order chi connectivity index (χ0) is 19.5. The normalized spacial score (nSPS) is 11.9. The second kappa shape index (κ2) is 7.32. The summed E-state index contributed by atoms with van der Waals surface area (Å²) in [5.74, 6) is -1.67. The van der Waals surface area contributed by atoms with Crippen LogP contribution in [0.5, 0.6) is 0 Å².